The van der Waals surface area contributed by atoms with Crippen LogP contribution in [0.2, 0.25) is 0 Å². The van der Waals surface area contributed by atoms with Crippen LogP contribution in [0.1, 0.15) is 38.2 Å². The standard InChI is InChI=1S/C12H14N4O2/c1-12(4-2-3-5-12)15-11-10(16(17)18)6-9(7-13)8-14-11/h6,8H,2-5H2,1H3,(H,14,15). The lowest BCUT2D eigenvalue weighted by molar-refractivity contribution is -0.384. The van der Waals surface area contributed by atoms with E-state index in [1.807, 2.05) is 13.0 Å². The molecule has 0 bridgehead atoms. The summed E-state index contributed by atoms with van der Waals surface area (Å²) in [5, 5.41) is 22.9. The summed E-state index contributed by atoms with van der Waals surface area (Å²) in [6, 6.07) is 3.12. The number of hydrogen-bond acceptors (Lipinski definition) is 5. The molecule has 18 heavy (non-hydrogen) atoms. The van der Waals surface area contributed by atoms with Gasteiger partial charge in [-0.15, -0.1) is 0 Å². The number of nitro groups is 1. The van der Waals surface area contributed by atoms with Crippen LogP contribution in [0.25, 0.3) is 0 Å². The molecule has 0 unspecified atom stereocenters. The lowest BCUT2D eigenvalue weighted by Gasteiger charge is -2.25. The molecule has 0 atom stereocenters. The zero-order chi connectivity index (χ0) is 13.2. The van der Waals surface area contributed by atoms with Gasteiger partial charge in [0.25, 0.3) is 0 Å². The number of nitrogens with one attached hydrogen (secondary N) is 1. The van der Waals surface area contributed by atoms with Gasteiger partial charge < -0.3 is 5.32 Å². The zero-order valence-electron chi connectivity index (χ0n) is 10.1. The molecule has 0 radical (unpaired) electrons. The Balaban J connectivity index is 2.32. The number of rotatable bonds is 3. The van der Waals surface area contributed by atoms with Crippen molar-refractivity contribution in [3.63, 3.8) is 0 Å². The van der Waals surface area contributed by atoms with Crippen LogP contribution in [0.4, 0.5) is 11.5 Å². The van der Waals surface area contributed by atoms with Gasteiger partial charge in [-0.3, -0.25) is 10.1 Å². The van der Waals surface area contributed by atoms with Gasteiger partial charge in [-0.25, -0.2) is 4.98 Å². The van der Waals surface area contributed by atoms with Crippen molar-refractivity contribution >= 4 is 11.5 Å². The Morgan fingerprint density at radius 1 is 1.56 bits per heavy atom. The molecule has 1 aliphatic carbocycles. The first kappa shape index (κ1) is 12.3. The molecule has 1 N–H and O–H groups in total. The summed E-state index contributed by atoms with van der Waals surface area (Å²) < 4.78 is 0. The van der Waals surface area contributed by atoms with E-state index in [4.69, 9.17) is 5.26 Å². The minimum Gasteiger partial charge on any atom is -0.359 e. The summed E-state index contributed by atoms with van der Waals surface area (Å²) >= 11 is 0. The van der Waals surface area contributed by atoms with Gasteiger partial charge in [-0.1, -0.05) is 12.8 Å². The Bertz CT molecular complexity index is 515. The minimum atomic E-state index is -0.505. The molecule has 94 valence electrons. The van der Waals surface area contributed by atoms with Crippen molar-refractivity contribution in [2.45, 2.75) is 38.1 Å². The quantitative estimate of drug-likeness (QED) is 0.653. The van der Waals surface area contributed by atoms with Gasteiger partial charge in [-0.05, 0) is 19.8 Å². The molecule has 0 aliphatic heterocycles. The maximum absolute atomic E-state index is 11.0. The Morgan fingerprint density at radius 2 is 2.22 bits per heavy atom. The van der Waals surface area contributed by atoms with Gasteiger partial charge in [0.05, 0.1) is 10.5 Å². The normalized spacial score (nSPS) is 17.1. The van der Waals surface area contributed by atoms with Gasteiger partial charge in [-0.2, -0.15) is 5.26 Å². The maximum atomic E-state index is 11.0. The Hall–Kier alpha value is -2.16. The smallest absolute Gasteiger partial charge is 0.312 e. The van der Waals surface area contributed by atoms with Crippen molar-refractivity contribution < 1.29 is 4.92 Å². The number of hydrogen-bond donors (Lipinski definition) is 1. The SMILES string of the molecule is CC1(Nc2ncc(C#N)cc2[N+](=O)[O-])CCCC1. The third kappa shape index (κ3) is 2.40. The van der Waals surface area contributed by atoms with Gasteiger partial charge >= 0.3 is 5.69 Å². The van der Waals surface area contributed by atoms with Crippen LogP contribution in [0.3, 0.4) is 0 Å². The number of aromatic nitrogens is 1. The minimum absolute atomic E-state index is 0.133. The van der Waals surface area contributed by atoms with E-state index in [0.29, 0.717) is 0 Å². The largest absolute Gasteiger partial charge is 0.359 e. The third-order valence-electron chi connectivity index (χ3n) is 3.32. The Labute approximate surface area is 105 Å². The molecular formula is C12H14N4O2. The van der Waals surface area contributed by atoms with Crippen molar-refractivity contribution in [2.75, 3.05) is 5.32 Å². The summed E-state index contributed by atoms with van der Waals surface area (Å²) in [5.41, 5.74) is -0.0719. The summed E-state index contributed by atoms with van der Waals surface area (Å²) in [6.07, 6.45) is 5.55. The summed E-state index contributed by atoms with van der Waals surface area (Å²) in [6.45, 7) is 2.05. The monoisotopic (exact) mass is 246 g/mol. The van der Waals surface area contributed by atoms with Crippen molar-refractivity contribution in [1.29, 1.82) is 5.26 Å². The molecule has 1 fully saturated rings. The van der Waals surface area contributed by atoms with Crippen LogP contribution in [0.5, 0.6) is 0 Å². The fourth-order valence-corrected chi connectivity index (χ4v) is 2.32. The lowest BCUT2D eigenvalue weighted by atomic mass is 10.0. The van der Waals surface area contributed by atoms with E-state index < -0.39 is 4.92 Å². The van der Waals surface area contributed by atoms with Gasteiger partial charge in [0.15, 0.2) is 0 Å². The first-order valence-corrected chi connectivity index (χ1v) is 5.87. The predicted octanol–water partition coefficient (Wildman–Crippen LogP) is 2.61. The molecule has 0 aromatic carbocycles. The molecule has 1 aromatic rings. The lowest BCUT2D eigenvalue weighted by Crippen LogP contribution is -2.31. The highest BCUT2D eigenvalue weighted by atomic mass is 16.6. The molecule has 6 heteroatoms. The highest BCUT2D eigenvalue weighted by Crippen LogP contribution is 2.34. The first-order chi connectivity index (χ1) is 8.54. The van der Waals surface area contributed by atoms with E-state index >= 15 is 0 Å². The topological polar surface area (TPSA) is 91.8 Å². The second-order valence-corrected chi connectivity index (χ2v) is 4.85. The summed E-state index contributed by atoms with van der Waals surface area (Å²) in [7, 11) is 0. The van der Waals surface area contributed by atoms with Crippen LogP contribution in [-0.4, -0.2) is 15.4 Å². The molecule has 1 aromatic heterocycles. The molecule has 0 amide bonds. The molecule has 0 saturated heterocycles. The van der Waals surface area contributed by atoms with Crippen molar-refractivity contribution in [3.05, 3.63) is 27.9 Å². The van der Waals surface area contributed by atoms with E-state index in [-0.39, 0.29) is 22.6 Å². The molecule has 1 heterocycles. The molecule has 2 rings (SSSR count). The average molecular weight is 246 g/mol. The van der Waals surface area contributed by atoms with Crippen LogP contribution in [0.15, 0.2) is 12.3 Å². The molecular weight excluding hydrogens is 232 g/mol. The molecule has 1 saturated carbocycles. The van der Waals surface area contributed by atoms with E-state index in [1.54, 1.807) is 0 Å². The fourth-order valence-electron chi connectivity index (χ4n) is 2.32. The van der Waals surface area contributed by atoms with Crippen molar-refractivity contribution in [1.82, 2.24) is 4.98 Å². The van der Waals surface area contributed by atoms with E-state index in [9.17, 15) is 10.1 Å². The van der Waals surface area contributed by atoms with Gasteiger partial charge in [0.1, 0.15) is 6.07 Å². The second-order valence-electron chi connectivity index (χ2n) is 4.85. The number of pyridine rings is 1. The number of nitrogens with zero attached hydrogens (tertiary/aromatic N) is 3. The zero-order valence-corrected chi connectivity index (χ0v) is 10.1. The second kappa shape index (κ2) is 4.61. The van der Waals surface area contributed by atoms with Crippen LogP contribution < -0.4 is 5.32 Å². The Kier molecular flexibility index (Phi) is 3.15. The average Bonchev–Trinajstić information content (AvgIpc) is 2.76. The van der Waals surface area contributed by atoms with E-state index in [0.717, 1.165) is 25.7 Å². The first-order valence-electron chi connectivity index (χ1n) is 5.87. The molecule has 6 nitrogen and oxygen atoms in total. The third-order valence-corrected chi connectivity index (χ3v) is 3.32. The van der Waals surface area contributed by atoms with E-state index in [2.05, 4.69) is 10.3 Å². The number of nitriles is 1. The molecule has 1 aliphatic rings. The highest BCUT2D eigenvalue weighted by Gasteiger charge is 2.31. The van der Waals surface area contributed by atoms with Gasteiger partial charge in [0, 0.05) is 17.8 Å². The van der Waals surface area contributed by atoms with Crippen LogP contribution >= 0.6 is 0 Å². The Morgan fingerprint density at radius 3 is 2.78 bits per heavy atom. The van der Waals surface area contributed by atoms with Gasteiger partial charge in [0.2, 0.25) is 5.82 Å². The summed E-state index contributed by atoms with van der Waals surface area (Å²) in [5.74, 6) is 0.253. The fraction of sp³-hybridized carbons (Fsp3) is 0.500. The number of anilines is 1. The van der Waals surface area contributed by atoms with Crippen LogP contribution in [-0.2, 0) is 0 Å². The highest BCUT2D eigenvalue weighted by molar-refractivity contribution is 5.59. The van der Waals surface area contributed by atoms with Crippen LogP contribution in [0, 0.1) is 21.4 Å². The predicted molar refractivity (Wildman–Crippen MR) is 66.1 cm³/mol. The van der Waals surface area contributed by atoms with Crippen molar-refractivity contribution in [2.24, 2.45) is 0 Å². The van der Waals surface area contributed by atoms with E-state index in [1.165, 1.54) is 12.3 Å². The molecule has 0 spiro atoms. The van der Waals surface area contributed by atoms with Crippen molar-refractivity contribution in [3.8, 4) is 6.07 Å². The maximum Gasteiger partial charge on any atom is 0.312 e. The summed E-state index contributed by atoms with van der Waals surface area (Å²) in [4.78, 5) is 14.5.